The smallest absolute Gasteiger partial charge is 0.335 e. The largest absolute Gasteiger partial charge is 0.478 e. The van der Waals surface area contributed by atoms with E-state index in [9.17, 15) is 48.8 Å². The molecular weight excluding hydrogens is 866 g/mol. The van der Waals surface area contributed by atoms with Crippen molar-refractivity contribution in [3.63, 3.8) is 0 Å². The summed E-state index contributed by atoms with van der Waals surface area (Å²) in [6.45, 7) is 8.70. The van der Waals surface area contributed by atoms with Crippen LogP contribution in [0.2, 0.25) is 5.02 Å². The number of aromatic nitrogens is 1. The molecule has 14 nitrogen and oxygen atoms in total. The number of aryl methyl sites for hydroxylation is 1. The lowest BCUT2D eigenvalue weighted by atomic mass is 9.82. The summed E-state index contributed by atoms with van der Waals surface area (Å²) < 4.78 is 100. The Bertz CT molecular complexity index is 2790. The lowest BCUT2D eigenvalue weighted by molar-refractivity contribution is -0.684. The highest BCUT2D eigenvalue weighted by Gasteiger charge is 2.43. The van der Waals surface area contributed by atoms with E-state index in [1.165, 1.54) is 18.2 Å². The first-order valence-corrected chi connectivity index (χ1v) is 24.7. The zero-order chi connectivity index (χ0) is 44.7. The van der Waals surface area contributed by atoms with Crippen LogP contribution >= 0.6 is 11.6 Å². The molecule has 3 heterocycles. The van der Waals surface area contributed by atoms with Crippen LogP contribution < -0.4 is 9.47 Å². The number of hydrogen-bond acceptors (Lipinski definition) is 9. The molecule has 1 aromatic heterocycles. The molecule has 0 spiro atoms. The number of pyridine rings is 1. The van der Waals surface area contributed by atoms with Gasteiger partial charge in [-0.15, -0.1) is 0 Å². The zero-order valence-electron chi connectivity index (χ0n) is 34.2. The summed E-state index contributed by atoms with van der Waals surface area (Å²) in [5.41, 5.74) is 5.91. The minimum Gasteiger partial charge on any atom is -0.478 e. The number of carbonyl (C=O) groups is 1. The van der Waals surface area contributed by atoms with Gasteiger partial charge in [-0.05, 0) is 134 Å². The van der Waals surface area contributed by atoms with Crippen molar-refractivity contribution in [1.82, 2.24) is 0 Å². The van der Waals surface area contributed by atoms with Gasteiger partial charge < -0.3 is 10.0 Å². The van der Waals surface area contributed by atoms with Gasteiger partial charge in [0.25, 0.3) is 30.4 Å². The third kappa shape index (κ3) is 10.4. The van der Waals surface area contributed by atoms with Crippen molar-refractivity contribution in [1.29, 1.82) is 0 Å². The Labute approximate surface area is 361 Å². The fourth-order valence-corrected chi connectivity index (χ4v) is 10.1. The fourth-order valence-electron chi connectivity index (χ4n) is 8.27. The zero-order valence-corrected chi connectivity index (χ0v) is 37.4. The summed E-state index contributed by atoms with van der Waals surface area (Å²) in [6, 6.07) is 12.9. The SMILES string of the molecule is CC1(C)C(/C=C/C2=C(c3cccc(C(=O)O)c3)C(=C/C=C3\N(CCCCS(=O)(=O)O)c4ccc(S(=O)(=O)O)cc4C3(C)C)/CC2)=Nc2c1cc(Cl)c[n+]2CCCCS(=O)(=O)O. The molecule has 0 fully saturated rings. The second-order valence-electron chi connectivity index (χ2n) is 16.5. The molecule has 0 bridgehead atoms. The summed E-state index contributed by atoms with van der Waals surface area (Å²) in [5, 5.41) is 10.4. The normalized spacial score (nSPS) is 18.7. The third-order valence-electron chi connectivity index (χ3n) is 11.4. The van der Waals surface area contributed by atoms with Crippen molar-refractivity contribution in [2.24, 2.45) is 4.99 Å². The predicted octanol–water partition coefficient (Wildman–Crippen LogP) is 7.68. The molecule has 0 radical (unpaired) electrons. The van der Waals surface area contributed by atoms with Crippen molar-refractivity contribution in [2.75, 3.05) is 23.0 Å². The number of nitrogens with zero attached hydrogens (tertiary/aromatic N) is 3. The number of fused-ring (bicyclic) bond motifs is 2. The van der Waals surface area contributed by atoms with Crippen molar-refractivity contribution < 1.29 is 53.4 Å². The summed E-state index contributed by atoms with van der Waals surface area (Å²) in [6.07, 6.45) is 12.1. The Kier molecular flexibility index (Phi) is 13.1. The van der Waals surface area contributed by atoms with Crippen LogP contribution in [0, 0.1) is 0 Å². The maximum atomic E-state index is 12.2. The second kappa shape index (κ2) is 17.3. The summed E-state index contributed by atoms with van der Waals surface area (Å²) in [4.78, 5) is 18.9. The molecule has 0 saturated heterocycles. The average molecular weight is 916 g/mol. The highest BCUT2D eigenvalue weighted by Crippen LogP contribution is 2.49. The number of hydrogen-bond donors (Lipinski definition) is 4. The van der Waals surface area contributed by atoms with Crippen LogP contribution in [0.1, 0.15) is 93.3 Å². The number of anilines is 1. The van der Waals surface area contributed by atoms with Gasteiger partial charge in [0, 0.05) is 23.3 Å². The number of aliphatic imine (C=N–C) groups is 1. The van der Waals surface area contributed by atoms with Crippen LogP contribution in [0.15, 0.2) is 106 Å². The van der Waals surface area contributed by atoms with Gasteiger partial charge in [-0.25, -0.2) is 9.36 Å². The molecule has 4 N–H and O–H groups in total. The van der Waals surface area contributed by atoms with E-state index in [2.05, 4.69) is 0 Å². The quantitative estimate of drug-likeness (QED) is 0.0618. The highest BCUT2D eigenvalue weighted by atomic mass is 35.5. The van der Waals surface area contributed by atoms with Gasteiger partial charge in [0.15, 0.2) is 5.71 Å². The van der Waals surface area contributed by atoms with E-state index in [0.29, 0.717) is 66.4 Å². The number of aromatic carboxylic acids is 1. The number of rotatable bonds is 16. The number of unbranched alkanes of at least 4 members (excludes halogenated alkanes) is 2. The van der Waals surface area contributed by atoms with Gasteiger partial charge in [-0.1, -0.05) is 49.7 Å². The Morgan fingerprint density at radius 3 is 2.18 bits per heavy atom. The van der Waals surface area contributed by atoms with Crippen LogP contribution in [0.4, 0.5) is 11.5 Å². The predicted molar refractivity (Wildman–Crippen MR) is 235 cm³/mol. The highest BCUT2D eigenvalue weighted by molar-refractivity contribution is 7.86. The molecule has 0 saturated carbocycles. The molecule has 3 aliphatic rings. The van der Waals surface area contributed by atoms with Gasteiger partial charge in [0.05, 0.1) is 44.5 Å². The molecule has 2 aliphatic heterocycles. The average Bonchev–Trinajstić information content (AvgIpc) is 3.75. The van der Waals surface area contributed by atoms with Gasteiger partial charge in [0.1, 0.15) is 6.20 Å². The molecule has 61 heavy (non-hydrogen) atoms. The van der Waals surface area contributed by atoms with E-state index in [4.69, 9.17) is 16.6 Å². The first kappa shape index (κ1) is 46.0. The fraction of sp³-hybridized carbons (Fsp3) is 0.372. The Morgan fingerprint density at radius 1 is 0.836 bits per heavy atom. The number of carboxylic acid groups (broad SMARTS) is 1. The maximum Gasteiger partial charge on any atom is 0.335 e. The molecule has 1 aliphatic carbocycles. The van der Waals surface area contributed by atoms with E-state index in [0.717, 1.165) is 33.7 Å². The third-order valence-corrected chi connectivity index (χ3v) is 14.1. The van der Waals surface area contributed by atoms with Crippen molar-refractivity contribution in [3.8, 4) is 0 Å². The van der Waals surface area contributed by atoms with E-state index in [-0.39, 0.29) is 29.1 Å². The number of allylic oxidation sites excluding steroid dienone is 8. The van der Waals surface area contributed by atoms with Gasteiger partial charge >= 0.3 is 11.8 Å². The number of benzene rings is 2. The van der Waals surface area contributed by atoms with E-state index in [1.54, 1.807) is 24.4 Å². The molecule has 0 amide bonds. The number of carboxylic acids is 1. The van der Waals surface area contributed by atoms with Crippen LogP contribution in [-0.4, -0.2) is 73.7 Å². The van der Waals surface area contributed by atoms with E-state index >= 15 is 0 Å². The Hall–Kier alpha value is -4.49. The molecule has 2 aromatic carbocycles. The first-order valence-electron chi connectivity index (χ1n) is 19.7. The van der Waals surface area contributed by atoms with Crippen LogP contribution in [0.5, 0.6) is 0 Å². The Balaban J connectivity index is 1.41. The van der Waals surface area contributed by atoms with E-state index in [1.807, 2.05) is 73.6 Å². The molecule has 18 heteroatoms. The number of halogens is 1. The monoisotopic (exact) mass is 914 g/mol. The molecule has 3 aromatic rings. The lowest BCUT2D eigenvalue weighted by Gasteiger charge is -2.27. The van der Waals surface area contributed by atoms with Crippen LogP contribution in [0.3, 0.4) is 0 Å². The molecule has 0 atom stereocenters. The van der Waals surface area contributed by atoms with Crippen LogP contribution in [0.25, 0.3) is 5.57 Å². The van der Waals surface area contributed by atoms with Gasteiger partial charge in [-0.3, -0.25) is 13.7 Å². The summed E-state index contributed by atoms with van der Waals surface area (Å²) in [7, 11) is -12.8. The lowest BCUT2D eigenvalue weighted by Crippen LogP contribution is -2.35. The van der Waals surface area contributed by atoms with Crippen molar-refractivity contribution in [2.45, 2.75) is 88.5 Å². The van der Waals surface area contributed by atoms with Crippen molar-refractivity contribution in [3.05, 3.63) is 123 Å². The molecule has 6 rings (SSSR count). The van der Waals surface area contributed by atoms with E-state index < -0.39 is 52.9 Å². The van der Waals surface area contributed by atoms with Gasteiger partial charge in [0.2, 0.25) is 0 Å². The molecular formula is C43H49ClN3O11S3+. The topological polar surface area (TPSA) is 220 Å². The molecule has 326 valence electrons. The summed E-state index contributed by atoms with van der Waals surface area (Å²) >= 11 is 6.56. The minimum absolute atomic E-state index is 0.116. The van der Waals surface area contributed by atoms with Gasteiger partial charge in [-0.2, -0.15) is 25.3 Å². The molecule has 0 unspecified atom stereocenters. The Morgan fingerprint density at radius 2 is 1.52 bits per heavy atom. The van der Waals surface area contributed by atoms with Crippen LogP contribution in [-0.2, 0) is 47.7 Å². The first-order chi connectivity index (χ1) is 28.4. The summed E-state index contributed by atoms with van der Waals surface area (Å²) in [5.74, 6) is -1.14. The maximum absolute atomic E-state index is 12.2. The second-order valence-corrected chi connectivity index (χ2v) is 21.5. The minimum atomic E-state index is -4.51. The van der Waals surface area contributed by atoms with Crippen molar-refractivity contribution >= 4 is 70.7 Å². The standard InChI is InChI=1S/C43H48ClN3O11S3/c1-42(2)35-25-32(44)27-46(20-5-7-22-59(50,51)52)40(35)45-37(42)18-14-28-12-13-29(39(28)30-10-9-11-31(24-30)41(48)49)15-19-38-43(3,4)34-26-33(61(56,57)58)16-17-36(34)47(38)21-6-8-23-60(53,54)55/h9-11,14-19,24-27H,5-8,12-13,20-23H2,1-4H3,(H3-,48,49,50,51,52,53,54,55,56,57,58)/p+1.